The van der Waals surface area contributed by atoms with E-state index in [9.17, 15) is 0 Å². The molecule has 0 aliphatic carbocycles. The molecule has 0 bridgehead atoms. The van der Waals surface area contributed by atoms with Crippen molar-refractivity contribution in [2.75, 3.05) is 19.6 Å². The van der Waals surface area contributed by atoms with Gasteiger partial charge in [0.2, 0.25) is 0 Å². The lowest BCUT2D eigenvalue weighted by Crippen LogP contribution is -2.25. The van der Waals surface area contributed by atoms with Gasteiger partial charge in [0, 0.05) is 12.1 Å². The molecule has 0 radical (unpaired) electrons. The Labute approximate surface area is 117 Å². The van der Waals surface area contributed by atoms with Crippen molar-refractivity contribution in [3.8, 4) is 0 Å². The molecular formula is C16H28N2O. The summed E-state index contributed by atoms with van der Waals surface area (Å²) in [4.78, 5) is 2.58. The van der Waals surface area contributed by atoms with Gasteiger partial charge in [-0.15, -0.1) is 0 Å². The lowest BCUT2D eigenvalue weighted by Gasteiger charge is -2.19. The summed E-state index contributed by atoms with van der Waals surface area (Å²) in [7, 11) is 0. The van der Waals surface area contributed by atoms with Crippen LogP contribution in [0, 0.1) is 5.92 Å². The average Bonchev–Trinajstić information content (AvgIpc) is 2.73. The zero-order valence-corrected chi connectivity index (χ0v) is 12.5. The molecule has 1 aromatic heterocycles. The summed E-state index contributed by atoms with van der Waals surface area (Å²) in [5.41, 5.74) is 1.36. The molecule has 1 aliphatic heterocycles. The number of nitrogens with zero attached hydrogens (tertiary/aromatic N) is 1. The van der Waals surface area contributed by atoms with E-state index in [1.807, 2.05) is 6.26 Å². The van der Waals surface area contributed by atoms with Crippen molar-refractivity contribution in [2.45, 2.75) is 52.6 Å². The maximum atomic E-state index is 5.62. The molecule has 2 heterocycles. The van der Waals surface area contributed by atoms with Gasteiger partial charge in [-0.05, 0) is 57.3 Å². The molecule has 1 unspecified atom stereocenters. The summed E-state index contributed by atoms with van der Waals surface area (Å²) in [6.45, 7) is 10.00. The lowest BCUT2D eigenvalue weighted by molar-refractivity contribution is 0.271. The highest BCUT2D eigenvalue weighted by atomic mass is 16.3. The standard InChI is InChI=1S/C16H28N2O/c1-3-8-17-12-16-15(7-11-19-16)13-18-9-4-5-14(2)6-10-18/h7,11,14,17H,3-6,8-10,12-13H2,1-2H3. The second-order valence-electron chi connectivity index (χ2n) is 5.86. The van der Waals surface area contributed by atoms with E-state index in [0.717, 1.165) is 31.3 Å². The molecule has 19 heavy (non-hydrogen) atoms. The van der Waals surface area contributed by atoms with Gasteiger partial charge in [0.1, 0.15) is 5.76 Å². The van der Waals surface area contributed by atoms with Crippen molar-refractivity contribution >= 4 is 0 Å². The number of nitrogens with one attached hydrogen (secondary N) is 1. The van der Waals surface area contributed by atoms with Gasteiger partial charge in [-0.25, -0.2) is 0 Å². The number of hydrogen-bond acceptors (Lipinski definition) is 3. The predicted molar refractivity (Wildman–Crippen MR) is 79.0 cm³/mol. The van der Waals surface area contributed by atoms with Crippen molar-refractivity contribution in [3.05, 3.63) is 23.7 Å². The number of rotatable bonds is 6. The maximum absolute atomic E-state index is 5.62. The van der Waals surface area contributed by atoms with Crippen LogP contribution in [0.1, 0.15) is 50.9 Å². The Bertz CT molecular complexity index is 361. The van der Waals surface area contributed by atoms with Crippen LogP contribution >= 0.6 is 0 Å². The SMILES string of the molecule is CCCNCc1occc1CN1CCCC(C)CC1. The van der Waals surface area contributed by atoms with E-state index in [-0.39, 0.29) is 0 Å². The minimum Gasteiger partial charge on any atom is -0.468 e. The summed E-state index contributed by atoms with van der Waals surface area (Å²) >= 11 is 0. The summed E-state index contributed by atoms with van der Waals surface area (Å²) in [6.07, 6.45) is 7.05. The van der Waals surface area contributed by atoms with Crippen LogP contribution < -0.4 is 5.32 Å². The zero-order chi connectivity index (χ0) is 13.5. The molecule has 1 atom stereocenters. The third kappa shape index (κ3) is 4.66. The van der Waals surface area contributed by atoms with E-state index in [1.54, 1.807) is 0 Å². The van der Waals surface area contributed by atoms with Gasteiger partial charge < -0.3 is 9.73 Å². The van der Waals surface area contributed by atoms with E-state index >= 15 is 0 Å². The lowest BCUT2D eigenvalue weighted by atomic mass is 10.0. The van der Waals surface area contributed by atoms with Crippen molar-refractivity contribution in [3.63, 3.8) is 0 Å². The fourth-order valence-electron chi connectivity index (χ4n) is 2.76. The van der Waals surface area contributed by atoms with Gasteiger partial charge in [0.15, 0.2) is 0 Å². The minimum absolute atomic E-state index is 0.862. The molecule has 0 spiro atoms. The quantitative estimate of drug-likeness (QED) is 0.798. The number of furan rings is 1. The highest BCUT2D eigenvalue weighted by Gasteiger charge is 2.16. The molecule has 108 valence electrons. The monoisotopic (exact) mass is 264 g/mol. The van der Waals surface area contributed by atoms with Gasteiger partial charge in [0.25, 0.3) is 0 Å². The minimum atomic E-state index is 0.862. The molecule has 1 saturated heterocycles. The Morgan fingerprint density at radius 3 is 3.11 bits per heavy atom. The zero-order valence-electron chi connectivity index (χ0n) is 12.5. The fourth-order valence-corrected chi connectivity index (χ4v) is 2.76. The molecule has 1 N–H and O–H groups in total. The van der Waals surface area contributed by atoms with E-state index in [4.69, 9.17) is 4.42 Å². The topological polar surface area (TPSA) is 28.4 Å². The van der Waals surface area contributed by atoms with Crippen LogP contribution in [0.5, 0.6) is 0 Å². The first-order chi connectivity index (χ1) is 9.29. The molecular weight excluding hydrogens is 236 g/mol. The van der Waals surface area contributed by atoms with E-state index in [1.165, 1.54) is 44.3 Å². The van der Waals surface area contributed by atoms with Crippen LogP contribution in [-0.4, -0.2) is 24.5 Å². The van der Waals surface area contributed by atoms with Crippen LogP contribution in [0.2, 0.25) is 0 Å². The highest BCUT2D eigenvalue weighted by Crippen LogP contribution is 2.20. The molecule has 3 nitrogen and oxygen atoms in total. The highest BCUT2D eigenvalue weighted by molar-refractivity contribution is 5.16. The number of likely N-dealkylation sites (tertiary alicyclic amines) is 1. The van der Waals surface area contributed by atoms with Gasteiger partial charge in [-0.1, -0.05) is 13.8 Å². The van der Waals surface area contributed by atoms with Crippen molar-refractivity contribution in [2.24, 2.45) is 5.92 Å². The molecule has 3 heteroatoms. The Balaban J connectivity index is 1.86. The van der Waals surface area contributed by atoms with Crippen LogP contribution in [0.25, 0.3) is 0 Å². The molecule has 1 aromatic rings. The summed E-state index contributed by atoms with van der Waals surface area (Å²) in [6, 6.07) is 2.14. The average molecular weight is 264 g/mol. The largest absolute Gasteiger partial charge is 0.468 e. The van der Waals surface area contributed by atoms with Crippen molar-refractivity contribution in [1.29, 1.82) is 0 Å². The Hall–Kier alpha value is -0.800. The normalized spacial score (nSPS) is 21.5. The van der Waals surface area contributed by atoms with Crippen LogP contribution in [0.15, 0.2) is 16.7 Å². The van der Waals surface area contributed by atoms with Crippen LogP contribution in [-0.2, 0) is 13.1 Å². The van der Waals surface area contributed by atoms with Gasteiger partial charge in [-0.3, -0.25) is 4.90 Å². The third-order valence-electron chi connectivity index (χ3n) is 4.05. The Kier molecular flexibility index (Phi) is 5.93. The first kappa shape index (κ1) is 14.6. The van der Waals surface area contributed by atoms with E-state index in [2.05, 4.69) is 30.1 Å². The molecule has 0 aromatic carbocycles. The summed E-state index contributed by atoms with van der Waals surface area (Å²) in [5.74, 6) is 2.01. The molecule has 0 saturated carbocycles. The maximum Gasteiger partial charge on any atom is 0.122 e. The van der Waals surface area contributed by atoms with Crippen molar-refractivity contribution in [1.82, 2.24) is 10.2 Å². The molecule has 2 rings (SSSR count). The Morgan fingerprint density at radius 2 is 2.26 bits per heavy atom. The van der Waals surface area contributed by atoms with Crippen molar-refractivity contribution < 1.29 is 4.42 Å². The second kappa shape index (κ2) is 7.71. The Morgan fingerprint density at radius 1 is 1.37 bits per heavy atom. The third-order valence-corrected chi connectivity index (χ3v) is 4.05. The molecule has 0 amide bonds. The predicted octanol–water partition coefficient (Wildman–Crippen LogP) is 3.40. The smallest absolute Gasteiger partial charge is 0.122 e. The fraction of sp³-hybridized carbons (Fsp3) is 0.750. The number of hydrogen-bond donors (Lipinski definition) is 1. The van der Waals surface area contributed by atoms with E-state index in [0.29, 0.717) is 0 Å². The van der Waals surface area contributed by atoms with Gasteiger partial charge >= 0.3 is 0 Å². The van der Waals surface area contributed by atoms with Gasteiger partial charge in [0.05, 0.1) is 12.8 Å². The van der Waals surface area contributed by atoms with Crippen LogP contribution in [0.4, 0.5) is 0 Å². The molecule has 1 aliphatic rings. The van der Waals surface area contributed by atoms with E-state index < -0.39 is 0 Å². The van der Waals surface area contributed by atoms with Gasteiger partial charge in [-0.2, -0.15) is 0 Å². The summed E-state index contributed by atoms with van der Waals surface area (Å²) in [5, 5.41) is 3.42. The second-order valence-corrected chi connectivity index (χ2v) is 5.86. The first-order valence-corrected chi connectivity index (χ1v) is 7.78. The van der Waals surface area contributed by atoms with Crippen LogP contribution in [0.3, 0.4) is 0 Å². The first-order valence-electron chi connectivity index (χ1n) is 7.78. The summed E-state index contributed by atoms with van der Waals surface area (Å²) < 4.78 is 5.62. The molecule has 1 fully saturated rings.